The smallest absolute Gasteiger partial charge is 0.306 e. The highest BCUT2D eigenvalue weighted by atomic mass is 79.9. The molecule has 0 aliphatic carbocycles. The number of carbonyl (C=O) groups is 2. The van der Waals surface area contributed by atoms with Crippen LogP contribution in [0.3, 0.4) is 0 Å². The Kier molecular flexibility index (Phi) is 13.7. The molecule has 0 saturated heterocycles. The molecule has 0 fully saturated rings. The third-order valence-corrected chi connectivity index (χ3v) is 4.83. The number of carbonyl (C=O) groups excluding carboxylic acids is 2. The average molecular weight is 441 g/mol. The van der Waals surface area contributed by atoms with E-state index < -0.39 is 0 Å². The molecule has 0 aromatic heterocycles. The summed E-state index contributed by atoms with van der Waals surface area (Å²) in [5.74, 6) is -0.670. The van der Waals surface area contributed by atoms with Crippen molar-refractivity contribution in [2.75, 3.05) is 13.2 Å². The van der Waals surface area contributed by atoms with E-state index in [4.69, 9.17) is 9.47 Å². The average Bonchev–Trinajstić information content (AvgIpc) is 2.65. The zero-order chi connectivity index (χ0) is 19.7. The van der Waals surface area contributed by atoms with Crippen molar-refractivity contribution >= 4 is 27.9 Å². The molecule has 0 atom stereocenters. The number of ether oxygens (including phenoxy) is 2. The molecule has 0 heterocycles. The maximum Gasteiger partial charge on any atom is 0.306 e. The number of halogens is 1. The van der Waals surface area contributed by atoms with Gasteiger partial charge in [0.1, 0.15) is 0 Å². The van der Waals surface area contributed by atoms with E-state index in [-0.39, 0.29) is 24.8 Å². The Balaban J connectivity index is 1.95. The summed E-state index contributed by atoms with van der Waals surface area (Å²) < 4.78 is 11.3. The SMILES string of the molecule is CCCCCCCCCCOC(=O)CCC(=O)OCCc1cccc(Br)c1. The predicted molar refractivity (Wildman–Crippen MR) is 112 cm³/mol. The lowest BCUT2D eigenvalue weighted by Gasteiger charge is -2.06. The minimum absolute atomic E-state index is 0.0781. The Labute approximate surface area is 172 Å². The Morgan fingerprint density at radius 3 is 2.07 bits per heavy atom. The molecule has 0 radical (unpaired) electrons. The van der Waals surface area contributed by atoms with Gasteiger partial charge in [0.15, 0.2) is 0 Å². The zero-order valence-corrected chi connectivity index (χ0v) is 18.1. The lowest BCUT2D eigenvalue weighted by atomic mass is 10.1. The molecule has 0 spiro atoms. The quantitative estimate of drug-likeness (QED) is 0.248. The van der Waals surface area contributed by atoms with E-state index in [1.807, 2.05) is 24.3 Å². The van der Waals surface area contributed by atoms with Crippen molar-refractivity contribution in [1.29, 1.82) is 0 Å². The molecule has 152 valence electrons. The van der Waals surface area contributed by atoms with Crippen molar-refractivity contribution in [3.8, 4) is 0 Å². The van der Waals surface area contributed by atoms with Crippen LogP contribution in [-0.2, 0) is 25.5 Å². The lowest BCUT2D eigenvalue weighted by Crippen LogP contribution is -2.12. The van der Waals surface area contributed by atoms with Gasteiger partial charge in [-0.1, -0.05) is 79.9 Å². The van der Waals surface area contributed by atoms with Gasteiger partial charge >= 0.3 is 11.9 Å². The Morgan fingerprint density at radius 2 is 1.44 bits per heavy atom. The number of hydrogen-bond donors (Lipinski definition) is 0. The number of unbranched alkanes of at least 4 members (excludes halogenated alkanes) is 7. The van der Waals surface area contributed by atoms with Crippen molar-refractivity contribution in [3.63, 3.8) is 0 Å². The summed E-state index contributed by atoms with van der Waals surface area (Å²) in [6, 6.07) is 7.88. The van der Waals surface area contributed by atoms with Crippen molar-refractivity contribution in [1.82, 2.24) is 0 Å². The first-order chi connectivity index (χ1) is 13.1. The number of esters is 2. The normalized spacial score (nSPS) is 10.6. The van der Waals surface area contributed by atoms with Crippen LogP contribution in [0.5, 0.6) is 0 Å². The summed E-state index contributed by atoms with van der Waals surface area (Å²) in [4.78, 5) is 23.3. The minimum Gasteiger partial charge on any atom is -0.466 e. The molecule has 0 unspecified atom stereocenters. The Bertz CT molecular complexity index is 545. The molecule has 5 heteroatoms. The highest BCUT2D eigenvalue weighted by molar-refractivity contribution is 9.10. The Hall–Kier alpha value is -1.36. The van der Waals surface area contributed by atoms with Crippen LogP contribution in [0, 0.1) is 0 Å². The van der Waals surface area contributed by atoms with Crippen molar-refractivity contribution in [2.24, 2.45) is 0 Å². The van der Waals surface area contributed by atoms with Gasteiger partial charge in [-0.15, -0.1) is 0 Å². The van der Waals surface area contributed by atoms with E-state index in [0.29, 0.717) is 19.6 Å². The second-order valence-electron chi connectivity index (χ2n) is 6.80. The van der Waals surface area contributed by atoms with Crippen LogP contribution in [0.4, 0.5) is 0 Å². The third kappa shape index (κ3) is 13.5. The fourth-order valence-electron chi connectivity index (χ4n) is 2.75. The summed E-state index contributed by atoms with van der Waals surface area (Å²) in [6.07, 6.45) is 10.5. The van der Waals surface area contributed by atoms with Crippen LogP contribution in [0.1, 0.15) is 76.7 Å². The van der Waals surface area contributed by atoms with Crippen LogP contribution < -0.4 is 0 Å². The van der Waals surface area contributed by atoms with Crippen LogP contribution in [0.25, 0.3) is 0 Å². The van der Waals surface area contributed by atoms with Gasteiger partial charge in [-0.25, -0.2) is 0 Å². The van der Waals surface area contributed by atoms with Gasteiger partial charge < -0.3 is 9.47 Å². The molecule has 4 nitrogen and oxygen atoms in total. The first-order valence-electron chi connectivity index (χ1n) is 10.2. The highest BCUT2D eigenvalue weighted by Gasteiger charge is 2.09. The molecular formula is C22H33BrO4. The fraction of sp³-hybridized carbons (Fsp3) is 0.636. The summed E-state index contributed by atoms with van der Waals surface area (Å²) >= 11 is 3.41. The fourth-order valence-corrected chi connectivity index (χ4v) is 3.19. The molecule has 1 aromatic carbocycles. The van der Waals surface area contributed by atoms with Crippen LogP contribution in [-0.4, -0.2) is 25.2 Å². The molecular weight excluding hydrogens is 408 g/mol. The summed E-state index contributed by atoms with van der Waals surface area (Å²) in [6.45, 7) is 2.99. The molecule has 1 aromatic rings. The van der Waals surface area contributed by atoms with E-state index in [2.05, 4.69) is 22.9 Å². The topological polar surface area (TPSA) is 52.6 Å². The van der Waals surface area contributed by atoms with E-state index >= 15 is 0 Å². The molecule has 0 saturated carbocycles. The summed E-state index contributed by atoms with van der Waals surface area (Å²) in [5.41, 5.74) is 1.10. The number of benzene rings is 1. The monoisotopic (exact) mass is 440 g/mol. The van der Waals surface area contributed by atoms with Crippen LogP contribution in [0.15, 0.2) is 28.7 Å². The Morgan fingerprint density at radius 1 is 0.852 bits per heavy atom. The van der Waals surface area contributed by atoms with Gasteiger partial charge in [-0.3, -0.25) is 9.59 Å². The predicted octanol–water partition coefficient (Wildman–Crippen LogP) is 6.00. The van der Waals surface area contributed by atoms with Gasteiger partial charge in [0.05, 0.1) is 26.1 Å². The van der Waals surface area contributed by atoms with E-state index in [0.717, 1.165) is 22.9 Å². The first kappa shape index (κ1) is 23.7. The molecule has 0 N–H and O–H groups in total. The van der Waals surface area contributed by atoms with E-state index in [1.165, 1.54) is 38.5 Å². The van der Waals surface area contributed by atoms with Gasteiger partial charge in [0.25, 0.3) is 0 Å². The molecule has 0 aliphatic rings. The summed E-state index contributed by atoms with van der Waals surface area (Å²) in [7, 11) is 0. The van der Waals surface area contributed by atoms with Crippen molar-refractivity contribution < 1.29 is 19.1 Å². The molecule has 27 heavy (non-hydrogen) atoms. The van der Waals surface area contributed by atoms with Gasteiger partial charge in [0.2, 0.25) is 0 Å². The van der Waals surface area contributed by atoms with Crippen molar-refractivity contribution in [3.05, 3.63) is 34.3 Å². The van der Waals surface area contributed by atoms with E-state index in [9.17, 15) is 9.59 Å². The van der Waals surface area contributed by atoms with Gasteiger partial charge in [-0.05, 0) is 24.1 Å². The van der Waals surface area contributed by atoms with Gasteiger partial charge in [0, 0.05) is 10.9 Å². The molecule has 1 rings (SSSR count). The maximum atomic E-state index is 11.7. The maximum absolute atomic E-state index is 11.7. The van der Waals surface area contributed by atoms with Crippen LogP contribution >= 0.6 is 15.9 Å². The molecule has 0 bridgehead atoms. The third-order valence-electron chi connectivity index (χ3n) is 4.34. The minimum atomic E-state index is -0.353. The van der Waals surface area contributed by atoms with E-state index in [1.54, 1.807) is 0 Å². The molecule has 0 aliphatic heterocycles. The second kappa shape index (κ2) is 15.7. The number of hydrogen-bond acceptors (Lipinski definition) is 4. The van der Waals surface area contributed by atoms with Gasteiger partial charge in [-0.2, -0.15) is 0 Å². The first-order valence-corrected chi connectivity index (χ1v) is 11.0. The second-order valence-corrected chi connectivity index (χ2v) is 7.71. The lowest BCUT2D eigenvalue weighted by molar-refractivity contribution is -0.150. The summed E-state index contributed by atoms with van der Waals surface area (Å²) in [5, 5.41) is 0. The highest BCUT2D eigenvalue weighted by Crippen LogP contribution is 2.12. The number of rotatable bonds is 15. The van der Waals surface area contributed by atoms with Crippen LogP contribution in [0.2, 0.25) is 0 Å². The largest absolute Gasteiger partial charge is 0.466 e. The molecule has 0 amide bonds. The van der Waals surface area contributed by atoms with Crippen molar-refractivity contribution in [2.45, 2.75) is 77.6 Å². The standard InChI is InChI=1S/C22H33BrO4/c1-2-3-4-5-6-7-8-9-16-26-21(24)13-14-22(25)27-17-15-19-11-10-12-20(23)18-19/h10-12,18H,2-9,13-17H2,1H3. The zero-order valence-electron chi connectivity index (χ0n) is 16.5.